The second kappa shape index (κ2) is 6.92. The first-order chi connectivity index (χ1) is 10.1. The van der Waals surface area contributed by atoms with E-state index in [2.05, 4.69) is 39.7 Å². The monoisotopic (exact) mass is 286 g/mol. The highest BCUT2D eigenvalue weighted by molar-refractivity contribution is 5.44. The van der Waals surface area contributed by atoms with Crippen molar-refractivity contribution >= 4 is 11.8 Å². The number of rotatable bonds is 6. The van der Waals surface area contributed by atoms with Crippen LogP contribution in [-0.2, 0) is 0 Å². The van der Waals surface area contributed by atoms with Gasteiger partial charge in [-0.15, -0.1) is 0 Å². The van der Waals surface area contributed by atoms with E-state index in [0.717, 1.165) is 23.8 Å². The van der Waals surface area contributed by atoms with Gasteiger partial charge in [-0.2, -0.15) is 4.98 Å². The van der Waals surface area contributed by atoms with Gasteiger partial charge in [0, 0.05) is 24.3 Å². The third-order valence-electron chi connectivity index (χ3n) is 3.17. The number of ether oxygens (including phenoxy) is 1. The average Bonchev–Trinajstić information content (AvgIpc) is 2.47. The Balaban J connectivity index is 2.12. The summed E-state index contributed by atoms with van der Waals surface area (Å²) in [6.07, 6.45) is 0. The third-order valence-corrected chi connectivity index (χ3v) is 3.17. The number of nitrogens with one attached hydrogen (secondary N) is 2. The van der Waals surface area contributed by atoms with Crippen molar-refractivity contribution in [3.8, 4) is 5.75 Å². The molecule has 5 heteroatoms. The molecule has 1 heterocycles. The first-order valence-corrected chi connectivity index (χ1v) is 7.12. The highest BCUT2D eigenvalue weighted by Gasteiger charge is 2.08. The number of benzene rings is 1. The quantitative estimate of drug-likeness (QED) is 0.852. The predicted octanol–water partition coefficient (Wildman–Crippen LogP) is 3.40. The van der Waals surface area contributed by atoms with Gasteiger partial charge >= 0.3 is 0 Å². The van der Waals surface area contributed by atoms with Crippen LogP contribution in [0.5, 0.6) is 5.75 Å². The zero-order valence-corrected chi connectivity index (χ0v) is 13.0. The maximum absolute atomic E-state index is 5.18. The van der Waals surface area contributed by atoms with Crippen molar-refractivity contribution in [1.82, 2.24) is 9.97 Å². The first kappa shape index (κ1) is 15.1. The van der Waals surface area contributed by atoms with Gasteiger partial charge in [-0.05, 0) is 38.5 Å². The van der Waals surface area contributed by atoms with Crippen LogP contribution in [-0.4, -0.2) is 23.6 Å². The standard InChI is InChI=1S/C16H22N4O/c1-5-17-16-18-11(2)10-15(20-16)19-12(3)13-6-8-14(21-4)9-7-13/h6-10,12H,5H2,1-4H3,(H2,17,18,19,20). The molecule has 1 unspecified atom stereocenters. The Labute approximate surface area is 125 Å². The average molecular weight is 286 g/mol. The molecule has 2 aromatic rings. The van der Waals surface area contributed by atoms with Crippen molar-refractivity contribution in [3.63, 3.8) is 0 Å². The van der Waals surface area contributed by atoms with Crippen molar-refractivity contribution in [2.75, 3.05) is 24.3 Å². The number of hydrogen-bond acceptors (Lipinski definition) is 5. The fraction of sp³-hybridized carbons (Fsp3) is 0.375. The lowest BCUT2D eigenvalue weighted by atomic mass is 10.1. The van der Waals surface area contributed by atoms with Gasteiger partial charge in [0.2, 0.25) is 5.95 Å². The second-order valence-electron chi connectivity index (χ2n) is 4.89. The Morgan fingerprint density at radius 1 is 1.19 bits per heavy atom. The molecule has 2 rings (SSSR count). The van der Waals surface area contributed by atoms with Crippen LogP contribution < -0.4 is 15.4 Å². The van der Waals surface area contributed by atoms with Crippen LogP contribution in [0.2, 0.25) is 0 Å². The smallest absolute Gasteiger partial charge is 0.224 e. The van der Waals surface area contributed by atoms with Crippen LogP contribution in [0.4, 0.5) is 11.8 Å². The fourth-order valence-electron chi connectivity index (χ4n) is 2.08. The lowest BCUT2D eigenvalue weighted by Crippen LogP contribution is -2.10. The summed E-state index contributed by atoms with van der Waals surface area (Å²) in [6.45, 7) is 6.90. The van der Waals surface area contributed by atoms with Gasteiger partial charge in [0.25, 0.3) is 0 Å². The lowest BCUT2D eigenvalue weighted by molar-refractivity contribution is 0.414. The Hall–Kier alpha value is -2.30. The van der Waals surface area contributed by atoms with Crippen molar-refractivity contribution < 1.29 is 4.74 Å². The summed E-state index contributed by atoms with van der Waals surface area (Å²) < 4.78 is 5.18. The fourth-order valence-corrected chi connectivity index (χ4v) is 2.08. The number of nitrogens with zero attached hydrogens (tertiary/aromatic N) is 2. The minimum atomic E-state index is 0.152. The largest absolute Gasteiger partial charge is 0.497 e. The molecule has 0 saturated heterocycles. The number of aryl methyl sites for hydroxylation is 1. The van der Waals surface area contributed by atoms with Gasteiger partial charge in [-0.3, -0.25) is 0 Å². The van der Waals surface area contributed by atoms with E-state index >= 15 is 0 Å². The molecule has 0 spiro atoms. The van der Waals surface area contributed by atoms with Gasteiger partial charge in [0.1, 0.15) is 11.6 Å². The van der Waals surface area contributed by atoms with E-state index in [1.54, 1.807) is 7.11 Å². The van der Waals surface area contributed by atoms with E-state index in [4.69, 9.17) is 4.74 Å². The summed E-state index contributed by atoms with van der Waals surface area (Å²) in [5.74, 6) is 2.34. The molecule has 21 heavy (non-hydrogen) atoms. The van der Waals surface area contributed by atoms with Crippen LogP contribution in [0.25, 0.3) is 0 Å². The van der Waals surface area contributed by atoms with E-state index in [0.29, 0.717) is 5.95 Å². The van der Waals surface area contributed by atoms with E-state index in [1.807, 2.05) is 32.0 Å². The first-order valence-electron chi connectivity index (χ1n) is 7.12. The zero-order valence-electron chi connectivity index (χ0n) is 13.0. The third kappa shape index (κ3) is 4.08. The summed E-state index contributed by atoms with van der Waals surface area (Å²) in [4.78, 5) is 8.81. The minimum absolute atomic E-state index is 0.152. The summed E-state index contributed by atoms with van der Waals surface area (Å²) in [5, 5.41) is 6.54. The summed E-state index contributed by atoms with van der Waals surface area (Å²) in [7, 11) is 1.67. The van der Waals surface area contributed by atoms with Crippen LogP contribution in [0.15, 0.2) is 30.3 Å². The highest BCUT2D eigenvalue weighted by Crippen LogP contribution is 2.21. The number of anilines is 2. The van der Waals surface area contributed by atoms with Gasteiger partial charge in [0.15, 0.2) is 0 Å². The molecule has 1 atom stereocenters. The maximum atomic E-state index is 5.18. The Morgan fingerprint density at radius 3 is 2.52 bits per heavy atom. The highest BCUT2D eigenvalue weighted by atomic mass is 16.5. The molecular formula is C16H22N4O. The van der Waals surface area contributed by atoms with Gasteiger partial charge in [-0.1, -0.05) is 12.1 Å². The van der Waals surface area contributed by atoms with E-state index in [1.165, 1.54) is 5.56 Å². The molecule has 0 bridgehead atoms. The normalized spacial score (nSPS) is 11.8. The number of aromatic nitrogens is 2. The van der Waals surface area contributed by atoms with Crippen molar-refractivity contribution in [1.29, 1.82) is 0 Å². The summed E-state index contributed by atoms with van der Waals surface area (Å²) in [5.41, 5.74) is 2.11. The van der Waals surface area contributed by atoms with Crippen molar-refractivity contribution in [2.24, 2.45) is 0 Å². The van der Waals surface area contributed by atoms with E-state index in [-0.39, 0.29) is 6.04 Å². The molecule has 0 aliphatic carbocycles. The summed E-state index contributed by atoms with van der Waals surface area (Å²) >= 11 is 0. The minimum Gasteiger partial charge on any atom is -0.497 e. The van der Waals surface area contributed by atoms with E-state index < -0.39 is 0 Å². The topological polar surface area (TPSA) is 59.1 Å². The Kier molecular flexibility index (Phi) is 4.98. The molecule has 0 fully saturated rings. The molecule has 0 radical (unpaired) electrons. The maximum Gasteiger partial charge on any atom is 0.224 e. The molecule has 5 nitrogen and oxygen atoms in total. The molecule has 0 amide bonds. The Morgan fingerprint density at radius 2 is 1.90 bits per heavy atom. The molecule has 1 aromatic carbocycles. The van der Waals surface area contributed by atoms with Gasteiger partial charge < -0.3 is 15.4 Å². The van der Waals surface area contributed by atoms with Crippen LogP contribution >= 0.6 is 0 Å². The molecule has 2 N–H and O–H groups in total. The number of methoxy groups -OCH3 is 1. The SMILES string of the molecule is CCNc1nc(C)cc(NC(C)c2ccc(OC)cc2)n1. The van der Waals surface area contributed by atoms with Crippen molar-refractivity contribution in [3.05, 3.63) is 41.6 Å². The molecule has 0 saturated carbocycles. The van der Waals surface area contributed by atoms with Gasteiger partial charge in [0.05, 0.1) is 7.11 Å². The summed E-state index contributed by atoms with van der Waals surface area (Å²) in [6, 6.07) is 10.1. The number of hydrogen-bond donors (Lipinski definition) is 2. The van der Waals surface area contributed by atoms with Gasteiger partial charge in [-0.25, -0.2) is 4.98 Å². The van der Waals surface area contributed by atoms with E-state index in [9.17, 15) is 0 Å². The van der Waals surface area contributed by atoms with Crippen LogP contribution in [0.3, 0.4) is 0 Å². The molecule has 0 aliphatic heterocycles. The molecule has 112 valence electrons. The predicted molar refractivity (Wildman–Crippen MR) is 86.0 cm³/mol. The molecule has 0 aliphatic rings. The zero-order chi connectivity index (χ0) is 15.2. The lowest BCUT2D eigenvalue weighted by Gasteiger charge is -2.16. The Bertz CT molecular complexity index is 583. The van der Waals surface area contributed by atoms with Crippen LogP contribution in [0, 0.1) is 6.92 Å². The van der Waals surface area contributed by atoms with Crippen molar-refractivity contribution in [2.45, 2.75) is 26.8 Å². The van der Waals surface area contributed by atoms with Crippen LogP contribution in [0.1, 0.15) is 31.1 Å². The molecule has 1 aromatic heterocycles. The molecular weight excluding hydrogens is 264 g/mol. The second-order valence-corrected chi connectivity index (χ2v) is 4.89.